The molecule has 0 heterocycles. The summed E-state index contributed by atoms with van der Waals surface area (Å²) in [6.45, 7) is 10.5. The van der Waals surface area contributed by atoms with Crippen molar-refractivity contribution in [3.63, 3.8) is 0 Å². The van der Waals surface area contributed by atoms with E-state index in [2.05, 4.69) is 33.4 Å². The van der Waals surface area contributed by atoms with Crippen molar-refractivity contribution in [3.05, 3.63) is 23.8 Å². The maximum atomic E-state index is 3.91. The topological polar surface area (TPSA) is 0 Å². The van der Waals surface area contributed by atoms with Crippen LogP contribution in [0.3, 0.4) is 0 Å². The third-order valence-corrected chi connectivity index (χ3v) is 2.23. The lowest BCUT2D eigenvalue weighted by atomic mass is 10.1. The van der Waals surface area contributed by atoms with Gasteiger partial charge in [-0.05, 0) is 39.5 Å². The van der Waals surface area contributed by atoms with Crippen molar-refractivity contribution in [1.82, 2.24) is 0 Å². The van der Waals surface area contributed by atoms with Crippen LogP contribution in [-0.2, 0) is 0 Å². The first-order chi connectivity index (χ1) is 6.16. The Hall–Kier alpha value is -0.520. The fraction of sp³-hybridized carbons (Fsp3) is 0.692. The van der Waals surface area contributed by atoms with Gasteiger partial charge < -0.3 is 0 Å². The van der Waals surface area contributed by atoms with E-state index in [4.69, 9.17) is 0 Å². The normalized spacial score (nSPS) is 11.8. The summed E-state index contributed by atoms with van der Waals surface area (Å²) < 4.78 is 0. The summed E-state index contributed by atoms with van der Waals surface area (Å²) in [7, 11) is 0. The average molecular weight is 180 g/mol. The van der Waals surface area contributed by atoms with Crippen LogP contribution in [-0.4, -0.2) is 0 Å². The predicted molar refractivity (Wildman–Crippen MR) is 61.9 cm³/mol. The molecule has 0 aliphatic heterocycles. The largest absolute Gasteiger partial charge is 0.100 e. The molecule has 0 spiro atoms. The first-order valence-corrected chi connectivity index (χ1v) is 5.46. The molecule has 0 rings (SSSR count). The van der Waals surface area contributed by atoms with Gasteiger partial charge in [0.2, 0.25) is 0 Å². The van der Waals surface area contributed by atoms with Crippen LogP contribution in [0.1, 0.15) is 59.3 Å². The summed E-state index contributed by atoms with van der Waals surface area (Å²) >= 11 is 0. The van der Waals surface area contributed by atoms with Gasteiger partial charge in [-0.15, -0.1) is 6.58 Å². The highest BCUT2D eigenvalue weighted by molar-refractivity contribution is 4.99. The van der Waals surface area contributed by atoms with Crippen LogP contribution in [0.2, 0.25) is 0 Å². The molecular weight excluding hydrogens is 156 g/mol. The molecule has 0 bridgehead atoms. The van der Waals surface area contributed by atoms with E-state index in [9.17, 15) is 0 Å². The number of rotatable bonds is 7. The van der Waals surface area contributed by atoms with Gasteiger partial charge in [-0.2, -0.15) is 0 Å². The highest BCUT2D eigenvalue weighted by Crippen LogP contribution is 2.11. The molecule has 0 aromatic rings. The maximum absolute atomic E-state index is 3.91. The molecule has 0 heteroatoms. The summed E-state index contributed by atoms with van der Waals surface area (Å²) in [4.78, 5) is 0. The van der Waals surface area contributed by atoms with Crippen molar-refractivity contribution in [3.8, 4) is 0 Å². The molecule has 0 saturated carbocycles. The van der Waals surface area contributed by atoms with Crippen LogP contribution in [0.5, 0.6) is 0 Å². The van der Waals surface area contributed by atoms with Crippen LogP contribution in [0.4, 0.5) is 0 Å². The van der Waals surface area contributed by atoms with E-state index in [-0.39, 0.29) is 0 Å². The molecule has 0 aromatic heterocycles. The number of allylic oxidation sites excluding steroid dienone is 3. The SMILES string of the molecule is C=C(C)CCCC(C)=CCCCC. The second-order valence-electron chi connectivity index (χ2n) is 4.00. The van der Waals surface area contributed by atoms with Crippen molar-refractivity contribution >= 4 is 0 Å². The standard InChI is InChI=1S/C13H24/c1-5-6-7-10-13(4)11-8-9-12(2)3/h10H,2,5-9,11H2,1,3-4H3. The molecule has 0 atom stereocenters. The lowest BCUT2D eigenvalue weighted by Crippen LogP contribution is -1.81. The Kier molecular flexibility index (Phi) is 7.77. The fourth-order valence-corrected chi connectivity index (χ4v) is 1.32. The van der Waals surface area contributed by atoms with Gasteiger partial charge in [0, 0.05) is 0 Å². The Labute approximate surface area is 83.7 Å². The highest BCUT2D eigenvalue weighted by atomic mass is 14.0. The molecule has 76 valence electrons. The molecule has 0 aliphatic carbocycles. The van der Waals surface area contributed by atoms with Crippen molar-refractivity contribution in [2.45, 2.75) is 59.3 Å². The summed E-state index contributed by atoms with van der Waals surface area (Å²) in [6.07, 6.45) is 9.98. The minimum Gasteiger partial charge on any atom is -0.100 e. The van der Waals surface area contributed by atoms with E-state index >= 15 is 0 Å². The predicted octanol–water partition coefficient (Wildman–Crippen LogP) is 4.87. The van der Waals surface area contributed by atoms with E-state index in [1.165, 1.54) is 44.1 Å². The lowest BCUT2D eigenvalue weighted by molar-refractivity contribution is 0.779. The Morgan fingerprint density at radius 3 is 2.38 bits per heavy atom. The average Bonchev–Trinajstić information content (AvgIpc) is 2.04. The van der Waals surface area contributed by atoms with Gasteiger partial charge in [-0.25, -0.2) is 0 Å². The van der Waals surface area contributed by atoms with E-state index in [0.717, 1.165) is 0 Å². The third-order valence-electron chi connectivity index (χ3n) is 2.23. The Balaban J connectivity index is 3.43. The minimum atomic E-state index is 1.18. The Morgan fingerprint density at radius 2 is 1.85 bits per heavy atom. The number of hydrogen-bond acceptors (Lipinski definition) is 0. The lowest BCUT2D eigenvalue weighted by Gasteiger charge is -2.01. The molecule has 0 unspecified atom stereocenters. The molecule has 0 aliphatic rings. The third kappa shape index (κ3) is 9.39. The van der Waals surface area contributed by atoms with E-state index < -0.39 is 0 Å². The van der Waals surface area contributed by atoms with Crippen molar-refractivity contribution < 1.29 is 0 Å². The van der Waals surface area contributed by atoms with E-state index in [1.807, 2.05) is 0 Å². The second kappa shape index (κ2) is 8.10. The van der Waals surface area contributed by atoms with Crippen molar-refractivity contribution in [2.24, 2.45) is 0 Å². The summed E-state index contributed by atoms with van der Waals surface area (Å²) in [5.74, 6) is 0. The van der Waals surface area contributed by atoms with Crippen LogP contribution in [0, 0.1) is 0 Å². The van der Waals surface area contributed by atoms with Crippen LogP contribution >= 0.6 is 0 Å². The zero-order chi connectivity index (χ0) is 10.1. The smallest absolute Gasteiger partial charge is 0.0320 e. The molecule has 0 fully saturated rings. The zero-order valence-electron chi connectivity index (χ0n) is 9.53. The first kappa shape index (κ1) is 12.5. The monoisotopic (exact) mass is 180 g/mol. The molecule has 13 heavy (non-hydrogen) atoms. The zero-order valence-corrected chi connectivity index (χ0v) is 9.53. The van der Waals surface area contributed by atoms with E-state index in [1.54, 1.807) is 5.57 Å². The van der Waals surface area contributed by atoms with Crippen molar-refractivity contribution in [2.75, 3.05) is 0 Å². The Bertz CT molecular complexity index is 163. The van der Waals surface area contributed by atoms with Crippen LogP contribution in [0.15, 0.2) is 23.8 Å². The molecule has 0 aromatic carbocycles. The first-order valence-electron chi connectivity index (χ1n) is 5.46. The molecule has 0 N–H and O–H groups in total. The summed E-state index contributed by atoms with van der Waals surface area (Å²) in [6, 6.07) is 0. The summed E-state index contributed by atoms with van der Waals surface area (Å²) in [5.41, 5.74) is 2.86. The molecular formula is C13H24. The van der Waals surface area contributed by atoms with Gasteiger partial charge >= 0.3 is 0 Å². The van der Waals surface area contributed by atoms with Gasteiger partial charge in [0.15, 0.2) is 0 Å². The maximum Gasteiger partial charge on any atom is -0.0320 e. The van der Waals surface area contributed by atoms with Crippen LogP contribution < -0.4 is 0 Å². The summed E-state index contributed by atoms with van der Waals surface area (Å²) in [5, 5.41) is 0. The minimum absolute atomic E-state index is 1.18. The molecule has 0 nitrogen and oxygen atoms in total. The Morgan fingerprint density at radius 1 is 1.15 bits per heavy atom. The molecule has 0 amide bonds. The van der Waals surface area contributed by atoms with Gasteiger partial charge in [0.1, 0.15) is 0 Å². The van der Waals surface area contributed by atoms with Gasteiger partial charge in [-0.3, -0.25) is 0 Å². The van der Waals surface area contributed by atoms with Crippen LogP contribution in [0.25, 0.3) is 0 Å². The number of hydrogen-bond donors (Lipinski definition) is 0. The van der Waals surface area contributed by atoms with Gasteiger partial charge in [0.05, 0.1) is 0 Å². The van der Waals surface area contributed by atoms with Crippen molar-refractivity contribution in [1.29, 1.82) is 0 Å². The quantitative estimate of drug-likeness (QED) is 0.387. The molecule has 0 radical (unpaired) electrons. The van der Waals surface area contributed by atoms with E-state index in [0.29, 0.717) is 0 Å². The van der Waals surface area contributed by atoms with Gasteiger partial charge in [-0.1, -0.05) is 37.0 Å². The molecule has 0 saturated heterocycles. The highest BCUT2D eigenvalue weighted by Gasteiger charge is 1.91. The fourth-order valence-electron chi connectivity index (χ4n) is 1.32. The second-order valence-corrected chi connectivity index (χ2v) is 4.00. The number of unbranched alkanes of at least 4 members (excludes halogenated alkanes) is 2. The van der Waals surface area contributed by atoms with Gasteiger partial charge in [0.25, 0.3) is 0 Å².